The molecule has 0 unspecified atom stereocenters. The van der Waals surface area contributed by atoms with Crippen LogP contribution < -0.4 is 10.6 Å². The highest BCUT2D eigenvalue weighted by atomic mass is 16.5. The Kier molecular flexibility index (Phi) is 5.50. The van der Waals surface area contributed by atoms with E-state index in [1.165, 1.54) is 13.2 Å². The third-order valence-corrected chi connectivity index (χ3v) is 3.85. The average molecular weight is 378 g/mol. The lowest BCUT2D eigenvalue weighted by Gasteiger charge is -2.13. The van der Waals surface area contributed by atoms with E-state index in [1.54, 1.807) is 55.5 Å². The highest BCUT2D eigenvalue weighted by molar-refractivity contribution is 5.96. The van der Waals surface area contributed by atoms with Gasteiger partial charge in [0.15, 0.2) is 0 Å². The topological polar surface area (TPSA) is 113 Å². The number of benzene rings is 2. The molecule has 3 rings (SSSR count). The molecule has 0 aliphatic carbocycles. The molecule has 0 amide bonds. The largest absolute Gasteiger partial charge is 0.478 e. The van der Waals surface area contributed by atoms with Gasteiger partial charge < -0.3 is 20.5 Å². The number of anilines is 4. The number of rotatable bonds is 6. The van der Waals surface area contributed by atoms with Crippen LogP contribution in [-0.2, 0) is 4.74 Å². The van der Waals surface area contributed by atoms with Gasteiger partial charge in [0.05, 0.1) is 29.6 Å². The molecule has 1 heterocycles. The van der Waals surface area contributed by atoms with Gasteiger partial charge in [0.25, 0.3) is 0 Å². The summed E-state index contributed by atoms with van der Waals surface area (Å²) in [6, 6.07) is 15.1. The summed E-state index contributed by atoms with van der Waals surface area (Å²) in [5, 5.41) is 15.3. The van der Waals surface area contributed by atoms with E-state index in [1.807, 2.05) is 0 Å². The van der Waals surface area contributed by atoms with Crippen LogP contribution in [0.5, 0.6) is 0 Å². The number of aromatic carboxylic acids is 1. The van der Waals surface area contributed by atoms with Crippen LogP contribution in [-0.4, -0.2) is 34.1 Å². The number of hydrogen-bond acceptors (Lipinski definition) is 7. The summed E-state index contributed by atoms with van der Waals surface area (Å²) >= 11 is 0. The molecule has 28 heavy (non-hydrogen) atoms. The SMILES string of the molecule is COC(=O)c1ccccc1Nc1nc(C)cc(Nc2ccccc2C(=O)O)n1. The van der Waals surface area contributed by atoms with Crippen molar-refractivity contribution in [1.29, 1.82) is 0 Å². The van der Waals surface area contributed by atoms with Gasteiger partial charge in [0.2, 0.25) is 5.95 Å². The molecule has 0 saturated carbocycles. The van der Waals surface area contributed by atoms with Gasteiger partial charge in [-0.15, -0.1) is 0 Å². The molecule has 0 spiro atoms. The lowest BCUT2D eigenvalue weighted by atomic mass is 10.2. The van der Waals surface area contributed by atoms with Crippen molar-refractivity contribution in [2.24, 2.45) is 0 Å². The second-order valence-electron chi connectivity index (χ2n) is 5.86. The molecule has 0 fully saturated rings. The van der Waals surface area contributed by atoms with Gasteiger partial charge in [-0.3, -0.25) is 0 Å². The van der Waals surface area contributed by atoms with Gasteiger partial charge in [-0.25, -0.2) is 14.6 Å². The molecular formula is C20H18N4O4. The fraction of sp³-hybridized carbons (Fsp3) is 0.100. The Labute approximate surface area is 161 Å². The van der Waals surface area contributed by atoms with E-state index in [9.17, 15) is 14.7 Å². The average Bonchev–Trinajstić information content (AvgIpc) is 2.67. The Morgan fingerprint density at radius 2 is 1.54 bits per heavy atom. The van der Waals surface area contributed by atoms with Crippen LogP contribution in [0.2, 0.25) is 0 Å². The first-order chi connectivity index (χ1) is 13.5. The van der Waals surface area contributed by atoms with Crippen LogP contribution in [0.1, 0.15) is 26.4 Å². The predicted molar refractivity (Wildman–Crippen MR) is 105 cm³/mol. The number of carbonyl (C=O) groups excluding carboxylic acids is 1. The second-order valence-corrected chi connectivity index (χ2v) is 5.86. The number of nitrogens with zero attached hydrogens (tertiary/aromatic N) is 2. The number of carbonyl (C=O) groups is 2. The number of carboxylic acids is 1. The van der Waals surface area contributed by atoms with Crippen molar-refractivity contribution in [3.63, 3.8) is 0 Å². The lowest BCUT2D eigenvalue weighted by molar-refractivity contribution is 0.0601. The van der Waals surface area contributed by atoms with Crippen molar-refractivity contribution in [2.75, 3.05) is 17.7 Å². The van der Waals surface area contributed by atoms with Gasteiger partial charge >= 0.3 is 11.9 Å². The van der Waals surface area contributed by atoms with E-state index < -0.39 is 11.9 Å². The van der Waals surface area contributed by atoms with Crippen LogP contribution in [0.4, 0.5) is 23.1 Å². The zero-order valence-corrected chi connectivity index (χ0v) is 15.3. The summed E-state index contributed by atoms with van der Waals surface area (Å²) < 4.78 is 4.79. The first-order valence-electron chi connectivity index (χ1n) is 8.37. The monoisotopic (exact) mass is 378 g/mol. The molecule has 0 saturated heterocycles. The minimum atomic E-state index is -1.04. The quantitative estimate of drug-likeness (QED) is 0.556. The van der Waals surface area contributed by atoms with Crippen molar-refractivity contribution in [2.45, 2.75) is 6.92 Å². The van der Waals surface area contributed by atoms with Gasteiger partial charge in [-0.1, -0.05) is 24.3 Å². The van der Waals surface area contributed by atoms with Crippen molar-refractivity contribution in [1.82, 2.24) is 9.97 Å². The highest BCUT2D eigenvalue weighted by Gasteiger charge is 2.14. The summed E-state index contributed by atoms with van der Waals surface area (Å²) in [6.45, 7) is 1.79. The number of hydrogen-bond donors (Lipinski definition) is 3. The van der Waals surface area contributed by atoms with E-state index in [2.05, 4.69) is 20.6 Å². The van der Waals surface area contributed by atoms with Gasteiger partial charge in [0.1, 0.15) is 5.82 Å². The fourth-order valence-electron chi connectivity index (χ4n) is 2.61. The zero-order valence-electron chi connectivity index (χ0n) is 15.3. The van der Waals surface area contributed by atoms with E-state index in [0.717, 1.165) is 0 Å². The molecule has 3 aromatic rings. The molecule has 0 atom stereocenters. The number of esters is 1. The first-order valence-corrected chi connectivity index (χ1v) is 8.37. The summed E-state index contributed by atoms with van der Waals surface area (Å²) in [5.74, 6) is -0.852. The van der Waals surface area contributed by atoms with E-state index in [-0.39, 0.29) is 11.5 Å². The molecule has 142 valence electrons. The van der Waals surface area contributed by atoms with Gasteiger partial charge in [-0.05, 0) is 31.2 Å². The van der Waals surface area contributed by atoms with Crippen LogP contribution in [0.15, 0.2) is 54.6 Å². The molecule has 2 aromatic carbocycles. The maximum absolute atomic E-state index is 11.9. The van der Waals surface area contributed by atoms with Crippen molar-refractivity contribution >= 4 is 35.1 Å². The number of para-hydroxylation sites is 2. The highest BCUT2D eigenvalue weighted by Crippen LogP contribution is 2.23. The summed E-state index contributed by atoms with van der Waals surface area (Å²) in [7, 11) is 1.31. The van der Waals surface area contributed by atoms with Gasteiger partial charge in [-0.2, -0.15) is 4.98 Å². The second kappa shape index (κ2) is 8.17. The molecule has 1 aromatic heterocycles. The molecule has 8 nitrogen and oxygen atoms in total. The number of nitrogens with one attached hydrogen (secondary N) is 2. The first kappa shape index (κ1) is 18.8. The Morgan fingerprint density at radius 3 is 2.18 bits per heavy atom. The molecule has 0 bridgehead atoms. The Morgan fingerprint density at radius 1 is 0.929 bits per heavy atom. The molecular weight excluding hydrogens is 360 g/mol. The maximum atomic E-state index is 11.9. The molecule has 3 N–H and O–H groups in total. The number of aryl methyl sites for hydroxylation is 1. The fourth-order valence-corrected chi connectivity index (χ4v) is 2.61. The zero-order chi connectivity index (χ0) is 20.1. The normalized spacial score (nSPS) is 10.2. The summed E-state index contributed by atoms with van der Waals surface area (Å²) in [6.07, 6.45) is 0. The third-order valence-electron chi connectivity index (χ3n) is 3.85. The predicted octanol–water partition coefficient (Wildman–Crippen LogP) is 3.76. The Hall–Kier alpha value is -3.94. The molecule has 0 radical (unpaired) electrons. The number of ether oxygens (including phenoxy) is 1. The van der Waals surface area contributed by atoms with E-state index >= 15 is 0 Å². The summed E-state index contributed by atoms with van der Waals surface area (Å²) in [4.78, 5) is 32.0. The maximum Gasteiger partial charge on any atom is 0.339 e. The Balaban J connectivity index is 1.92. The van der Waals surface area contributed by atoms with Crippen molar-refractivity contribution in [3.05, 3.63) is 71.4 Å². The minimum Gasteiger partial charge on any atom is -0.478 e. The molecule has 8 heteroatoms. The smallest absolute Gasteiger partial charge is 0.339 e. The molecule has 0 aliphatic rings. The summed E-state index contributed by atoms with van der Waals surface area (Å²) in [5.41, 5.74) is 2.04. The third kappa shape index (κ3) is 4.24. The van der Waals surface area contributed by atoms with Crippen LogP contribution >= 0.6 is 0 Å². The standard InChI is InChI=1S/C20H18N4O4/c1-12-11-17(22-15-9-5-3-7-13(15)18(25)26)24-20(21-12)23-16-10-6-4-8-14(16)19(27)28-2/h3-11H,1-2H3,(H,25,26)(H2,21,22,23,24). The number of carboxylic acid groups (broad SMARTS) is 1. The van der Waals surface area contributed by atoms with Crippen molar-refractivity contribution in [3.8, 4) is 0 Å². The Bertz CT molecular complexity index is 1040. The van der Waals surface area contributed by atoms with Crippen LogP contribution in [0.25, 0.3) is 0 Å². The van der Waals surface area contributed by atoms with Gasteiger partial charge in [0, 0.05) is 11.8 Å². The number of aromatic nitrogens is 2. The number of methoxy groups -OCH3 is 1. The van der Waals surface area contributed by atoms with E-state index in [0.29, 0.717) is 28.5 Å². The lowest BCUT2D eigenvalue weighted by Crippen LogP contribution is -2.08. The van der Waals surface area contributed by atoms with Crippen molar-refractivity contribution < 1.29 is 19.4 Å². The van der Waals surface area contributed by atoms with Crippen LogP contribution in [0.3, 0.4) is 0 Å². The van der Waals surface area contributed by atoms with E-state index in [4.69, 9.17) is 4.74 Å². The molecule has 0 aliphatic heterocycles. The minimum absolute atomic E-state index is 0.129. The van der Waals surface area contributed by atoms with Crippen LogP contribution in [0, 0.1) is 6.92 Å².